The maximum absolute atomic E-state index is 4.04. The van der Waals surface area contributed by atoms with E-state index in [1.807, 2.05) is 6.08 Å². The summed E-state index contributed by atoms with van der Waals surface area (Å²) in [7, 11) is 0. The molecule has 0 spiro atoms. The van der Waals surface area contributed by atoms with Gasteiger partial charge in [0.2, 0.25) is 0 Å². The maximum Gasteiger partial charge on any atom is 0.0597 e. The Hall–Kier alpha value is -3.78. The lowest BCUT2D eigenvalue weighted by Gasteiger charge is -2.34. The molecule has 1 aliphatic heterocycles. The van der Waals surface area contributed by atoms with Gasteiger partial charge in [0.25, 0.3) is 0 Å². The van der Waals surface area contributed by atoms with Crippen LogP contribution in [0.5, 0.6) is 0 Å². The third kappa shape index (κ3) is 3.78. The number of anilines is 2. The van der Waals surface area contributed by atoms with Gasteiger partial charge in [-0.05, 0) is 60.7 Å². The minimum absolute atomic E-state index is 0.394. The molecule has 4 aromatic rings. The molecule has 2 aliphatic rings. The van der Waals surface area contributed by atoms with E-state index in [0.717, 1.165) is 18.4 Å². The molecule has 2 unspecified atom stereocenters. The van der Waals surface area contributed by atoms with E-state index in [2.05, 4.69) is 128 Å². The average molecular weight is 485 g/mol. The van der Waals surface area contributed by atoms with E-state index in [-0.39, 0.29) is 0 Å². The summed E-state index contributed by atoms with van der Waals surface area (Å²) < 4.78 is 2.53. The number of allylic oxidation sites excluding steroid dienone is 6. The van der Waals surface area contributed by atoms with Crippen LogP contribution in [0.3, 0.4) is 0 Å². The van der Waals surface area contributed by atoms with Crippen LogP contribution in [-0.4, -0.2) is 10.6 Å². The molecule has 0 saturated carbocycles. The molecule has 0 radical (unpaired) electrons. The Morgan fingerprint density at radius 2 is 1.86 bits per heavy atom. The van der Waals surface area contributed by atoms with E-state index >= 15 is 0 Å². The zero-order valence-corrected chi connectivity index (χ0v) is 22.2. The van der Waals surface area contributed by atoms with E-state index < -0.39 is 0 Å². The van der Waals surface area contributed by atoms with Crippen LogP contribution in [0.2, 0.25) is 0 Å². The molecule has 0 fully saturated rings. The number of benzene rings is 3. The number of aromatic nitrogens is 1. The van der Waals surface area contributed by atoms with Gasteiger partial charge in [-0.2, -0.15) is 0 Å². The molecular formula is C35H36N2. The highest BCUT2D eigenvalue weighted by atomic mass is 15.2. The van der Waals surface area contributed by atoms with E-state index in [4.69, 9.17) is 0 Å². The van der Waals surface area contributed by atoms with Crippen molar-refractivity contribution in [2.45, 2.75) is 52.0 Å². The first-order valence-electron chi connectivity index (χ1n) is 13.8. The summed E-state index contributed by atoms with van der Waals surface area (Å²) in [4.78, 5) is 2.63. The average Bonchev–Trinajstić information content (AvgIpc) is 3.28. The van der Waals surface area contributed by atoms with Crippen molar-refractivity contribution in [3.63, 3.8) is 0 Å². The van der Waals surface area contributed by atoms with Gasteiger partial charge >= 0.3 is 0 Å². The quantitative estimate of drug-likeness (QED) is 0.264. The Bertz CT molecular complexity index is 1580. The van der Waals surface area contributed by atoms with Gasteiger partial charge in [-0.1, -0.05) is 94.5 Å². The minimum atomic E-state index is 0.394. The van der Waals surface area contributed by atoms with Crippen LogP contribution < -0.4 is 4.90 Å². The monoisotopic (exact) mass is 484 g/mol. The zero-order valence-electron chi connectivity index (χ0n) is 22.2. The van der Waals surface area contributed by atoms with Crippen molar-refractivity contribution in [2.75, 3.05) is 4.90 Å². The van der Waals surface area contributed by atoms with Crippen LogP contribution in [-0.2, 0) is 0 Å². The summed E-state index contributed by atoms with van der Waals surface area (Å²) in [6.45, 7) is 11.1. The van der Waals surface area contributed by atoms with E-state index in [9.17, 15) is 0 Å². The van der Waals surface area contributed by atoms with Gasteiger partial charge in [-0.25, -0.2) is 0 Å². The van der Waals surface area contributed by atoms with Crippen molar-refractivity contribution < 1.29 is 0 Å². The highest BCUT2D eigenvalue weighted by Gasteiger charge is 2.42. The summed E-state index contributed by atoms with van der Waals surface area (Å²) in [6, 6.07) is 22.9. The predicted molar refractivity (Wildman–Crippen MR) is 162 cm³/mol. The largest absolute Gasteiger partial charge is 0.337 e. The van der Waals surface area contributed by atoms with Crippen LogP contribution in [0.4, 0.5) is 11.4 Å². The second kappa shape index (κ2) is 9.59. The van der Waals surface area contributed by atoms with Crippen molar-refractivity contribution in [3.8, 4) is 0 Å². The smallest absolute Gasteiger partial charge is 0.0597 e. The van der Waals surface area contributed by atoms with Crippen LogP contribution >= 0.6 is 0 Å². The van der Waals surface area contributed by atoms with Crippen LogP contribution in [0.15, 0.2) is 97.6 Å². The number of hydrogen-bond donors (Lipinski definition) is 0. The van der Waals surface area contributed by atoms with Gasteiger partial charge in [-0.15, -0.1) is 0 Å². The molecule has 0 saturated heterocycles. The normalized spacial score (nSPS) is 19.0. The summed E-state index contributed by atoms with van der Waals surface area (Å²) in [5.74, 6) is 0.953. The van der Waals surface area contributed by atoms with Gasteiger partial charge < -0.3 is 9.47 Å². The lowest BCUT2D eigenvalue weighted by molar-refractivity contribution is 0.415. The molecule has 0 amide bonds. The molecule has 2 heteroatoms. The highest BCUT2D eigenvalue weighted by molar-refractivity contribution is 6.13. The summed E-state index contributed by atoms with van der Waals surface area (Å²) in [6.07, 6.45) is 16.5. The third-order valence-corrected chi connectivity index (χ3v) is 8.08. The first-order valence-corrected chi connectivity index (χ1v) is 13.8. The SMILES string of the molecule is C=Cc1cccc(N2c3ccc4c5ccccc5n(C5=CC=CCC=C5)c4c3C(CCC)C2C(C)C)c1. The number of nitrogens with zero attached hydrogens (tertiary/aromatic N) is 2. The summed E-state index contributed by atoms with van der Waals surface area (Å²) in [5, 5.41) is 2.67. The fourth-order valence-electron chi connectivity index (χ4n) is 6.65. The Balaban J connectivity index is 1.72. The number of para-hydroxylation sites is 1. The molecule has 0 N–H and O–H groups in total. The molecule has 1 aliphatic carbocycles. The van der Waals surface area contributed by atoms with Crippen molar-refractivity contribution in [3.05, 3.63) is 109 Å². The lowest BCUT2D eigenvalue weighted by atomic mass is 9.84. The topological polar surface area (TPSA) is 8.17 Å². The Labute approximate surface area is 220 Å². The molecule has 0 bridgehead atoms. The molecule has 2 atom stereocenters. The second-order valence-electron chi connectivity index (χ2n) is 10.7. The van der Waals surface area contributed by atoms with Crippen LogP contribution in [0, 0.1) is 5.92 Å². The first-order chi connectivity index (χ1) is 18.1. The van der Waals surface area contributed by atoms with Gasteiger partial charge in [-0.3, -0.25) is 0 Å². The molecule has 1 aromatic heterocycles. The number of hydrogen-bond acceptors (Lipinski definition) is 1. The molecule has 3 aromatic carbocycles. The molecule has 6 rings (SSSR count). The van der Waals surface area contributed by atoms with Gasteiger partial charge in [0.05, 0.1) is 11.0 Å². The van der Waals surface area contributed by atoms with Gasteiger partial charge in [0.15, 0.2) is 0 Å². The Morgan fingerprint density at radius 3 is 2.68 bits per heavy atom. The standard InChI is InChI=1S/C35H36N2/c1-5-14-30-33-32(37(34(30)24(3)4)27-18-13-15-25(6-2)23-27)22-21-29-28-19-11-12-20-31(28)36(35(29)33)26-16-9-7-8-10-17-26/h6-7,9-13,15-24,30,34H,2,5,8,14H2,1,3-4H3. The molecule has 2 heterocycles. The van der Waals surface area contributed by atoms with Crippen molar-refractivity contribution in [1.82, 2.24) is 4.57 Å². The highest BCUT2D eigenvalue weighted by Crippen LogP contribution is 2.53. The molecule has 37 heavy (non-hydrogen) atoms. The predicted octanol–water partition coefficient (Wildman–Crippen LogP) is 9.85. The molecule has 186 valence electrons. The van der Waals surface area contributed by atoms with Crippen molar-refractivity contribution in [2.24, 2.45) is 5.92 Å². The molecule has 2 nitrogen and oxygen atoms in total. The molecular weight excluding hydrogens is 448 g/mol. The minimum Gasteiger partial charge on any atom is -0.337 e. The van der Waals surface area contributed by atoms with Gasteiger partial charge in [0.1, 0.15) is 0 Å². The number of rotatable bonds is 6. The fourth-order valence-corrected chi connectivity index (χ4v) is 6.65. The number of fused-ring (bicyclic) bond motifs is 5. The lowest BCUT2D eigenvalue weighted by Crippen LogP contribution is -2.35. The summed E-state index contributed by atoms with van der Waals surface area (Å²) in [5.41, 5.74) is 9.16. The first kappa shape index (κ1) is 23.6. The maximum atomic E-state index is 4.04. The van der Waals surface area contributed by atoms with E-state index in [1.54, 1.807) is 0 Å². The van der Waals surface area contributed by atoms with Crippen molar-refractivity contribution in [1.29, 1.82) is 0 Å². The summed E-state index contributed by atoms with van der Waals surface area (Å²) >= 11 is 0. The zero-order chi connectivity index (χ0) is 25.5. The van der Waals surface area contributed by atoms with Gasteiger partial charge in [0, 0.05) is 45.4 Å². The third-order valence-electron chi connectivity index (χ3n) is 8.08. The fraction of sp³-hybridized carbons (Fsp3) is 0.257. The Morgan fingerprint density at radius 1 is 1.00 bits per heavy atom. The van der Waals surface area contributed by atoms with Crippen LogP contribution in [0.25, 0.3) is 33.6 Å². The van der Waals surface area contributed by atoms with Crippen LogP contribution in [0.1, 0.15) is 57.1 Å². The second-order valence-corrected chi connectivity index (χ2v) is 10.7. The van der Waals surface area contributed by atoms with E-state index in [1.165, 1.54) is 50.9 Å². The Kier molecular flexibility index (Phi) is 6.12. The van der Waals surface area contributed by atoms with Crippen molar-refractivity contribution >= 4 is 45.0 Å². The van der Waals surface area contributed by atoms with E-state index in [0.29, 0.717) is 17.9 Å².